The third-order valence-electron chi connectivity index (χ3n) is 6.49. The van der Waals surface area contributed by atoms with Gasteiger partial charge in [-0.1, -0.05) is 19.1 Å². The number of hydrogen-bond donors (Lipinski definition) is 1. The van der Waals surface area contributed by atoms with Crippen molar-refractivity contribution in [1.82, 2.24) is 19.3 Å². The van der Waals surface area contributed by atoms with E-state index in [1.807, 2.05) is 37.3 Å². The maximum Gasteiger partial charge on any atom is 0.232 e. The van der Waals surface area contributed by atoms with Crippen LogP contribution in [0.15, 0.2) is 55.1 Å². The lowest BCUT2D eigenvalue weighted by atomic mass is 9.92. The number of nitriles is 1. The predicted molar refractivity (Wildman–Crippen MR) is 138 cm³/mol. The molecule has 1 saturated carbocycles. The van der Waals surface area contributed by atoms with Gasteiger partial charge in [0.2, 0.25) is 10.0 Å². The number of aromatic nitrogens is 4. The molecular formula is C26H28N6O3S. The fourth-order valence-electron chi connectivity index (χ4n) is 4.60. The molecule has 1 fully saturated rings. The van der Waals surface area contributed by atoms with Crippen LogP contribution >= 0.6 is 0 Å². The summed E-state index contributed by atoms with van der Waals surface area (Å²) in [6, 6.07) is 15.8. The van der Waals surface area contributed by atoms with Crippen LogP contribution in [0.2, 0.25) is 0 Å². The van der Waals surface area contributed by atoms with Gasteiger partial charge in [-0.15, -0.1) is 0 Å². The Labute approximate surface area is 210 Å². The number of sulfonamides is 1. The summed E-state index contributed by atoms with van der Waals surface area (Å²) in [7, 11) is -3.37. The number of ether oxygens (including phenoxy) is 1. The monoisotopic (exact) mass is 504 g/mol. The van der Waals surface area contributed by atoms with E-state index in [2.05, 4.69) is 25.4 Å². The Kier molecular flexibility index (Phi) is 6.65. The normalized spacial score (nSPS) is 13.9. The zero-order valence-electron chi connectivity index (χ0n) is 20.1. The van der Waals surface area contributed by atoms with Crippen molar-refractivity contribution in [2.75, 3.05) is 17.1 Å². The second-order valence-electron chi connectivity index (χ2n) is 8.97. The lowest BCUT2D eigenvalue weighted by Crippen LogP contribution is -2.18. The summed E-state index contributed by atoms with van der Waals surface area (Å²) in [6.07, 6.45) is 6.95. The van der Waals surface area contributed by atoms with Gasteiger partial charge in [0.15, 0.2) is 0 Å². The molecule has 9 nitrogen and oxygen atoms in total. The molecule has 0 radical (unpaired) electrons. The topological polar surface area (TPSA) is 115 Å². The molecule has 1 aliphatic carbocycles. The van der Waals surface area contributed by atoms with Gasteiger partial charge in [-0.25, -0.2) is 18.1 Å². The van der Waals surface area contributed by atoms with Crippen molar-refractivity contribution in [3.8, 4) is 23.1 Å². The van der Waals surface area contributed by atoms with E-state index in [1.54, 1.807) is 23.1 Å². The highest BCUT2D eigenvalue weighted by molar-refractivity contribution is 7.92. The van der Waals surface area contributed by atoms with Gasteiger partial charge in [0.1, 0.15) is 31.1 Å². The van der Waals surface area contributed by atoms with E-state index in [-0.39, 0.29) is 5.75 Å². The first-order valence-electron chi connectivity index (χ1n) is 12.1. The molecule has 0 unspecified atom stereocenters. The Morgan fingerprint density at radius 1 is 1.19 bits per heavy atom. The molecule has 0 saturated heterocycles. The molecule has 2 aromatic heterocycles. The molecule has 0 aliphatic heterocycles. The largest absolute Gasteiger partial charge is 0.492 e. The number of fused-ring (bicyclic) bond motifs is 1. The number of anilines is 1. The molecule has 0 bridgehead atoms. The zero-order chi connectivity index (χ0) is 25.1. The molecule has 1 N–H and O–H groups in total. The van der Waals surface area contributed by atoms with Crippen molar-refractivity contribution in [1.29, 1.82) is 5.26 Å². The van der Waals surface area contributed by atoms with E-state index in [4.69, 9.17) is 4.74 Å². The van der Waals surface area contributed by atoms with Crippen LogP contribution in [0.4, 0.5) is 5.69 Å². The van der Waals surface area contributed by atoms with Crippen molar-refractivity contribution in [2.45, 2.75) is 45.2 Å². The van der Waals surface area contributed by atoms with E-state index in [1.165, 1.54) is 6.33 Å². The smallest absolute Gasteiger partial charge is 0.232 e. The number of rotatable bonds is 10. The van der Waals surface area contributed by atoms with Gasteiger partial charge in [-0.3, -0.25) is 4.72 Å². The van der Waals surface area contributed by atoms with E-state index in [0.29, 0.717) is 36.9 Å². The lowest BCUT2D eigenvalue weighted by Gasteiger charge is -2.30. The van der Waals surface area contributed by atoms with Crippen LogP contribution in [-0.4, -0.2) is 40.1 Å². The Morgan fingerprint density at radius 2 is 2.00 bits per heavy atom. The van der Waals surface area contributed by atoms with Gasteiger partial charge >= 0.3 is 0 Å². The van der Waals surface area contributed by atoms with Crippen molar-refractivity contribution in [3.05, 3.63) is 60.7 Å². The third kappa shape index (κ3) is 4.79. The minimum atomic E-state index is -3.37. The Morgan fingerprint density at radius 3 is 2.64 bits per heavy atom. The fraction of sp³-hybridized carbons (Fsp3) is 0.346. The van der Waals surface area contributed by atoms with Gasteiger partial charge in [-0.2, -0.15) is 10.4 Å². The highest BCUT2D eigenvalue weighted by Gasteiger charge is 2.28. The number of hydrogen-bond acceptors (Lipinski definition) is 6. The number of nitrogens with zero attached hydrogens (tertiary/aromatic N) is 5. The van der Waals surface area contributed by atoms with E-state index in [0.717, 1.165) is 47.2 Å². The second kappa shape index (κ2) is 10.0. The van der Waals surface area contributed by atoms with Crippen LogP contribution in [0.1, 0.15) is 44.2 Å². The van der Waals surface area contributed by atoms with Gasteiger partial charge < -0.3 is 9.30 Å². The molecule has 4 aromatic rings. The first-order valence-corrected chi connectivity index (χ1v) is 13.8. The average molecular weight is 505 g/mol. The summed E-state index contributed by atoms with van der Waals surface area (Å²) < 4.78 is 36.9. The Bertz CT molecular complexity index is 1500. The summed E-state index contributed by atoms with van der Waals surface area (Å²) in [6.45, 7) is 2.87. The quantitative estimate of drug-likeness (QED) is 0.334. The first-order chi connectivity index (χ1) is 17.5. The minimum Gasteiger partial charge on any atom is -0.492 e. The first kappa shape index (κ1) is 23.9. The van der Waals surface area contributed by atoms with Gasteiger partial charge in [0, 0.05) is 23.2 Å². The Balaban J connectivity index is 1.50. The van der Waals surface area contributed by atoms with Gasteiger partial charge in [0.05, 0.1) is 29.1 Å². The molecule has 1 aliphatic rings. The van der Waals surface area contributed by atoms with Crippen LogP contribution < -0.4 is 9.46 Å². The second-order valence-corrected chi connectivity index (χ2v) is 10.8. The molecule has 0 atom stereocenters. The molecule has 2 heterocycles. The van der Waals surface area contributed by atoms with Crippen molar-refractivity contribution in [2.24, 2.45) is 0 Å². The van der Waals surface area contributed by atoms with Crippen molar-refractivity contribution >= 4 is 26.6 Å². The number of benzene rings is 2. The van der Waals surface area contributed by atoms with E-state index >= 15 is 0 Å². The van der Waals surface area contributed by atoms with Crippen LogP contribution in [0.5, 0.6) is 5.75 Å². The van der Waals surface area contributed by atoms with Crippen LogP contribution in [0.25, 0.3) is 22.2 Å². The van der Waals surface area contributed by atoms with E-state index in [9.17, 15) is 13.7 Å². The standard InChI is InChI=1S/C26H28N6O3S/c1-2-14-36(33,34)30-20-8-6-19(7-9-20)26-24(16-27)23-11-10-22(35-13-12-31-18-28-17-29-31)15-25(23)32(26)21-4-3-5-21/h6-11,15,17-18,21,30H,2-5,12-14H2,1H3. The summed E-state index contributed by atoms with van der Waals surface area (Å²) >= 11 is 0. The molecule has 10 heteroatoms. The summed E-state index contributed by atoms with van der Waals surface area (Å²) in [5.74, 6) is 0.810. The van der Waals surface area contributed by atoms with Crippen molar-refractivity contribution < 1.29 is 13.2 Å². The third-order valence-corrected chi connectivity index (χ3v) is 7.98. The molecule has 0 spiro atoms. The molecule has 0 amide bonds. The minimum absolute atomic E-state index is 0.0759. The summed E-state index contributed by atoms with van der Waals surface area (Å²) in [5.41, 5.74) is 3.84. The molecule has 186 valence electrons. The van der Waals surface area contributed by atoms with Gasteiger partial charge in [-0.05, 0) is 55.5 Å². The van der Waals surface area contributed by atoms with Gasteiger partial charge in [0.25, 0.3) is 0 Å². The highest BCUT2D eigenvalue weighted by Crippen LogP contribution is 2.43. The molecular weight excluding hydrogens is 476 g/mol. The zero-order valence-corrected chi connectivity index (χ0v) is 20.9. The average Bonchev–Trinajstić information content (AvgIpc) is 3.44. The molecule has 36 heavy (non-hydrogen) atoms. The van der Waals surface area contributed by atoms with Crippen molar-refractivity contribution in [3.63, 3.8) is 0 Å². The SMILES string of the molecule is CCCS(=O)(=O)Nc1ccc(-c2c(C#N)c3ccc(OCCn4cncn4)cc3n2C2CCC2)cc1. The lowest BCUT2D eigenvalue weighted by molar-refractivity contribution is 0.291. The molecule has 5 rings (SSSR count). The fourth-order valence-corrected chi connectivity index (χ4v) is 5.74. The number of nitrogens with one attached hydrogen (secondary N) is 1. The summed E-state index contributed by atoms with van der Waals surface area (Å²) in [5, 5.41) is 15.1. The maximum atomic E-state index is 12.2. The highest BCUT2D eigenvalue weighted by atomic mass is 32.2. The van der Waals surface area contributed by atoms with Crippen LogP contribution in [-0.2, 0) is 16.6 Å². The van der Waals surface area contributed by atoms with E-state index < -0.39 is 10.0 Å². The predicted octanol–water partition coefficient (Wildman–Crippen LogP) is 4.73. The molecule has 2 aromatic carbocycles. The maximum absolute atomic E-state index is 12.2. The summed E-state index contributed by atoms with van der Waals surface area (Å²) in [4.78, 5) is 3.95. The Hall–Kier alpha value is -3.84. The van der Waals surface area contributed by atoms with Crippen LogP contribution in [0, 0.1) is 11.3 Å². The van der Waals surface area contributed by atoms with Crippen LogP contribution in [0.3, 0.4) is 0 Å².